The van der Waals surface area contributed by atoms with E-state index in [0.717, 1.165) is 9.99 Å². The van der Waals surface area contributed by atoms with Crippen molar-refractivity contribution in [3.8, 4) is 0 Å². The number of thioether (sulfide) groups is 1. The summed E-state index contributed by atoms with van der Waals surface area (Å²) in [6, 6.07) is 13.7. The molecule has 0 N–H and O–H groups in total. The van der Waals surface area contributed by atoms with Crippen molar-refractivity contribution in [2.24, 2.45) is 0 Å². The van der Waals surface area contributed by atoms with Gasteiger partial charge in [-0.25, -0.2) is 0 Å². The van der Waals surface area contributed by atoms with Crippen molar-refractivity contribution in [3.05, 3.63) is 53.1 Å². The lowest BCUT2D eigenvalue weighted by Crippen LogP contribution is -2.22. The van der Waals surface area contributed by atoms with Crippen LogP contribution in [0.5, 0.6) is 0 Å². The second-order valence-electron chi connectivity index (χ2n) is 4.31. The predicted molar refractivity (Wildman–Crippen MR) is 90.2 cm³/mol. The minimum Gasteiger partial charge on any atom is -0.450 e. The number of carbonyl (C=O) groups is 1. The molecule has 1 aromatic heterocycles. The van der Waals surface area contributed by atoms with Gasteiger partial charge < -0.3 is 4.42 Å². The van der Waals surface area contributed by atoms with Gasteiger partial charge in [0.25, 0.3) is 5.91 Å². The minimum absolute atomic E-state index is 0.0846. The van der Waals surface area contributed by atoms with Gasteiger partial charge in [0.05, 0.1) is 4.91 Å². The maximum atomic E-state index is 11.9. The lowest BCUT2D eigenvalue weighted by Gasteiger charge is -2.03. The first-order valence-corrected chi connectivity index (χ1v) is 8.22. The third kappa shape index (κ3) is 3.23. The molecular weight excluding hydrogens is 322 g/mol. The number of rotatable bonds is 3. The second kappa shape index (κ2) is 6.09. The van der Waals surface area contributed by atoms with E-state index in [0.29, 0.717) is 15.0 Å². The Morgan fingerprint density at radius 2 is 2.00 bits per heavy atom. The van der Waals surface area contributed by atoms with Crippen LogP contribution >= 0.6 is 35.7 Å². The number of hydrogen-bond donors (Lipinski definition) is 0. The van der Waals surface area contributed by atoms with Crippen LogP contribution in [0, 0.1) is 0 Å². The Morgan fingerprint density at radius 1 is 1.24 bits per heavy atom. The molecule has 1 saturated heterocycles. The highest BCUT2D eigenvalue weighted by atomic mass is 32.2. The van der Waals surface area contributed by atoms with Crippen LogP contribution < -0.4 is 0 Å². The van der Waals surface area contributed by atoms with Crippen LogP contribution in [-0.4, -0.2) is 22.2 Å². The van der Waals surface area contributed by atoms with Crippen molar-refractivity contribution >= 4 is 52.0 Å². The fourth-order valence-corrected chi connectivity index (χ4v) is 3.71. The van der Waals surface area contributed by atoms with Crippen molar-refractivity contribution in [2.45, 2.75) is 9.99 Å². The summed E-state index contributed by atoms with van der Waals surface area (Å²) in [5.74, 6) is 0.570. The quantitative estimate of drug-likeness (QED) is 0.619. The summed E-state index contributed by atoms with van der Waals surface area (Å²) >= 11 is 7.93. The first-order chi connectivity index (χ1) is 10.1. The van der Waals surface area contributed by atoms with Gasteiger partial charge in [-0.15, -0.1) is 0 Å². The first kappa shape index (κ1) is 14.4. The summed E-state index contributed by atoms with van der Waals surface area (Å²) in [5, 5.41) is 0.791. The van der Waals surface area contributed by atoms with Crippen molar-refractivity contribution < 1.29 is 9.21 Å². The van der Waals surface area contributed by atoms with Crippen LogP contribution in [0.3, 0.4) is 0 Å². The highest BCUT2D eigenvalue weighted by Gasteiger charge is 2.28. The average molecular weight is 333 g/mol. The topological polar surface area (TPSA) is 33.5 Å². The fourth-order valence-electron chi connectivity index (χ4n) is 1.75. The van der Waals surface area contributed by atoms with E-state index in [1.54, 1.807) is 24.9 Å². The molecule has 0 saturated carbocycles. The van der Waals surface area contributed by atoms with Crippen LogP contribution in [0.2, 0.25) is 0 Å². The molecule has 0 radical (unpaired) electrons. The molecule has 1 aromatic carbocycles. The number of benzene rings is 1. The molecule has 6 heteroatoms. The summed E-state index contributed by atoms with van der Waals surface area (Å²) in [6.45, 7) is 0. The van der Waals surface area contributed by atoms with Crippen LogP contribution in [0.25, 0.3) is 6.08 Å². The molecule has 21 heavy (non-hydrogen) atoms. The molecular formula is C15H11NO2S3. The minimum atomic E-state index is -0.0846. The van der Waals surface area contributed by atoms with Crippen LogP contribution in [-0.2, 0) is 4.79 Å². The predicted octanol–water partition coefficient (Wildman–Crippen LogP) is 4.26. The largest absolute Gasteiger partial charge is 0.450 e. The van der Waals surface area contributed by atoms with Crippen molar-refractivity contribution in [2.75, 3.05) is 7.05 Å². The lowest BCUT2D eigenvalue weighted by atomic mass is 10.4. The lowest BCUT2D eigenvalue weighted by molar-refractivity contribution is -0.121. The fraction of sp³-hybridized carbons (Fsp3) is 0.0667. The highest BCUT2D eigenvalue weighted by Crippen LogP contribution is 2.33. The number of hydrogen-bond acceptors (Lipinski definition) is 5. The molecule has 2 aromatic rings. The molecule has 0 spiro atoms. The molecule has 2 heterocycles. The van der Waals surface area contributed by atoms with E-state index >= 15 is 0 Å². The normalized spacial score (nSPS) is 17.0. The summed E-state index contributed by atoms with van der Waals surface area (Å²) < 4.78 is 6.29. The maximum Gasteiger partial charge on any atom is 0.266 e. The SMILES string of the molecule is CN1C(=O)/C(=C\c2ccc(Sc3ccccc3)o2)SC1=S. The second-order valence-corrected chi connectivity index (χ2v) is 7.07. The van der Waals surface area contributed by atoms with Gasteiger partial charge in [0.1, 0.15) is 10.1 Å². The number of amides is 1. The first-order valence-electron chi connectivity index (χ1n) is 6.18. The van der Waals surface area contributed by atoms with Crippen LogP contribution in [0.15, 0.2) is 61.8 Å². The van der Waals surface area contributed by atoms with Gasteiger partial charge in [-0.2, -0.15) is 0 Å². The Morgan fingerprint density at radius 3 is 2.67 bits per heavy atom. The monoisotopic (exact) mass is 333 g/mol. The highest BCUT2D eigenvalue weighted by molar-refractivity contribution is 8.26. The zero-order valence-electron chi connectivity index (χ0n) is 11.1. The van der Waals surface area contributed by atoms with E-state index in [1.165, 1.54) is 16.7 Å². The van der Waals surface area contributed by atoms with Crippen molar-refractivity contribution in [3.63, 3.8) is 0 Å². The third-order valence-corrected chi connectivity index (χ3v) is 5.24. The van der Waals surface area contributed by atoms with E-state index in [4.69, 9.17) is 16.6 Å². The summed E-state index contributed by atoms with van der Waals surface area (Å²) in [6.07, 6.45) is 1.73. The van der Waals surface area contributed by atoms with Crippen LogP contribution in [0.4, 0.5) is 0 Å². The van der Waals surface area contributed by atoms with Crippen molar-refractivity contribution in [1.82, 2.24) is 4.90 Å². The van der Waals surface area contributed by atoms with E-state index < -0.39 is 0 Å². The molecule has 3 rings (SSSR count). The Labute approximate surface area is 136 Å². The van der Waals surface area contributed by atoms with E-state index in [9.17, 15) is 4.79 Å². The molecule has 1 amide bonds. The molecule has 0 atom stereocenters. The molecule has 0 bridgehead atoms. The van der Waals surface area contributed by atoms with Gasteiger partial charge in [0, 0.05) is 18.0 Å². The van der Waals surface area contributed by atoms with Gasteiger partial charge in [-0.1, -0.05) is 53.9 Å². The Kier molecular flexibility index (Phi) is 4.19. The Balaban J connectivity index is 1.77. The Bertz CT molecular complexity index is 722. The summed E-state index contributed by atoms with van der Waals surface area (Å²) in [7, 11) is 1.68. The van der Waals surface area contributed by atoms with Gasteiger partial charge in [0.15, 0.2) is 5.09 Å². The standard InChI is InChI=1S/C15H11NO2S3/c1-16-14(17)12(21-15(16)19)9-10-7-8-13(18-10)20-11-5-3-2-4-6-11/h2-9H,1H3/b12-9+. The molecule has 3 nitrogen and oxygen atoms in total. The third-order valence-electron chi connectivity index (χ3n) is 2.82. The number of likely N-dealkylation sites (N-methyl/N-ethyl adjacent to an activating group) is 1. The number of furan rings is 1. The zero-order chi connectivity index (χ0) is 14.8. The number of thiocarbonyl (C=S) groups is 1. The van der Waals surface area contributed by atoms with Crippen LogP contribution in [0.1, 0.15) is 5.76 Å². The van der Waals surface area contributed by atoms with Gasteiger partial charge in [-0.3, -0.25) is 9.69 Å². The molecule has 106 valence electrons. The summed E-state index contributed by atoms with van der Waals surface area (Å²) in [5.41, 5.74) is 0. The van der Waals surface area contributed by atoms with Crippen molar-refractivity contribution in [1.29, 1.82) is 0 Å². The molecule has 1 fully saturated rings. The van der Waals surface area contributed by atoms with E-state index in [-0.39, 0.29) is 5.91 Å². The van der Waals surface area contributed by atoms with E-state index in [2.05, 4.69) is 0 Å². The smallest absolute Gasteiger partial charge is 0.266 e. The molecule has 0 unspecified atom stereocenters. The molecule has 1 aliphatic heterocycles. The Hall–Kier alpha value is -1.50. The summed E-state index contributed by atoms with van der Waals surface area (Å²) in [4.78, 5) is 15.1. The average Bonchev–Trinajstić information content (AvgIpc) is 3.01. The number of nitrogens with zero attached hydrogens (tertiary/aromatic N) is 1. The maximum absolute atomic E-state index is 11.9. The van der Waals surface area contributed by atoms with Gasteiger partial charge in [0.2, 0.25) is 0 Å². The molecule has 1 aliphatic rings. The van der Waals surface area contributed by atoms with E-state index in [1.807, 2.05) is 42.5 Å². The van der Waals surface area contributed by atoms with Gasteiger partial charge in [-0.05, 0) is 24.3 Å². The number of carbonyl (C=O) groups excluding carboxylic acids is 1. The van der Waals surface area contributed by atoms with Gasteiger partial charge >= 0.3 is 0 Å². The molecule has 0 aliphatic carbocycles. The zero-order valence-corrected chi connectivity index (χ0v) is 13.6.